The van der Waals surface area contributed by atoms with E-state index < -0.39 is 5.97 Å². The van der Waals surface area contributed by atoms with Crippen molar-refractivity contribution < 1.29 is 9.53 Å². The van der Waals surface area contributed by atoms with E-state index in [-0.39, 0.29) is 24.7 Å². The zero-order chi connectivity index (χ0) is 28.4. The number of carbonyl (C=O) groups excluding carboxylic acids is 1. The molecule has 1 N–H and O–H groups in total. The Morgan fingerprint density at radius 1 is 1.10 bits per heavy atom. The van der Waals surface area contributed by atoms with Crippen molar-refractivity contribution in [1.82, 2.24) is 29.5 Å². The number of H-pyrrole nitrogens is 1. The van der Waals surface area contributed by atoms with E-state index in [4.69, 9.17) is 39.5 Å². The molecular formula is C28H25Cl3N6O3. The molecule has 0 radical (unpaired) electrons. The summed E-state index contributed by atoms with van der Waals surface area (Å²) in [6.45, 7) is 2.30. The second-order valence-corrected chi connectivity index (χ2v) is 10.7. The van der Waals surface area contributed by atoms with Crippen molar-refractivity contribution in [3.05, 3.63) is 114 Å². The molecule has 0 saturated heterocycles. The highest BCUT2D eigenvalue weighted by Gasteiger charge is 2.23. The van der Waals surface area contributed by atoms with Crippen LogP contribution in [-0.2, 0) is 24.2 Å². The van der Waals surface area contributed by atoms with E-state index in [1.54, 1.807) is 41.0 Å². The molecule has 4 aromatic rings. The average Bonchev–Trinajstić information content (AvgIpc) is 3.51. The number of aromatic nitrogens is 6. The van der Waals surface area contributed by atoms with Gasteiger partial charge in [0.15, 0.2) is 11.6 Å². The van der Waals surface area contributed by atoms with Gasteiger partial charge in [0.1, 0.15) is 12.4 Å². The molecule has 0 aliphatic heterocycles. The fourth-order valence-electron chi connectivity index (χ4n) is 4.51. The Kier molecular flexibility index (Phi) is 8.25. The molecule has 1 aliphatic carbocycles. The first-order chi connectivity index (χ1) is 19.2. The quantitative estimate of drug-likeness (QED) is 0.269. The summed E-state index contributed by atoms with van der Waals surface area (Å²) in [7, 11) is 1.33. The Morgan fingerprint density at radius 3 is 2.58 bits per heavy atom. The molecule has 0 bridgehead atoms. The number of rotatable bonds is 8. The molecule has 0 spiro atoms. The molecule has 1 aliphatic rings. The van der Waals surface area contributed by atoms with Crippen LogP contribution in [0.5, 0.6) is 0 Å². The molecule has 206 valence electrons. The summed E-state index contributed by atoms with van der Waals surface area (Å²) in [4.78, 5) is 30.3. The molecule has 2 aromatic heterocycles. The molecule has 9 nitrogen and oxygen atoms in total. The SMILES string of the molecule is COC(=O)c1cccc(Cn2c(C3=CC=C(Cl)C(C)C3)nn(Cc3nc(Cc4c(Cl)cccc4Cl)n[nH]3)c2=O)c1. The first-order valence-electron chi connectivity index (χ1n) is 12.5. The van der Waals surface area contributed by atoms with Gasteiger partial charge < -0.3 is 4.74 Å². The van der Waals surface area contributed by atoms with Crippen molar-refractivity contribution >= 4 is 46.3 Å². The lowest BCUT2D eigenvalue weighted by Gasteiger charge is -2.17. The molecule has 40 heavy (non-hydrogen) atoms. The Labute approximate surface area is 245 Å². The van der Waals surface area contributed by atoms with Crippen molar-refractivity contribution in [3.8, 4) is 0 Å². The van der Waals surface area contributed by atoms with Gasteiger partial charge in [0.2, 0.25) is 0 Å². The third-order valence-electron chi connectivity index (χ3n) is 6.61. The number of halogens is 3. The van der Waals surface area contributed by atoms with Crippen LogP contribution in [0, 0.1) is 5.92 Å². The Morgan fingerprint density at radius 2 is 1.85 bits per heavy atom. The summed E-state index contributed by atoms with van der Waals surface area (Å²) in [5.41, 5.74) is 2.42. The van der Waals surface area contributed by atoms with Gasteiger partial charge >= 0.3 is 11.7 Å². The molecule has 1 unspecified atom stereocenters. The van der Waals surface area contributed by atoms with Crippen LogP contribution in [0.3, 0.4) is 0 Å². The highest BCUT2D eigenvalue weighted by Crippen LogP contribution is 2.32. The lowest BCUT2D eigenvalue weighted by Crippen LogP contribution is -2.27. The van der Waals surface area contributed by atoms with Crippen molar-refractivity contribution in [1.29, 1.82) is 0 Å². The molecule has 2 aromatic carbocycles. The van der Waals surface area contributed by atoms with Crippen molar-refractivity contribution in [3.63, 3.8) is 0 Å². The first-order valence-corrected chi connectivity index (χ1v) is 13.6. The number of nitrogens with zero attached hydrogens (tertiary/aromatic N) is 5. The minimum Gasteiger partial charge on any atom is -0.465 e. The van der Waals surface area contributed by atoms with Gasteiger partial charge in [-0.1, -0.05) is 66.0 Å². The van der Waals surface area contributed by atoms with Crippen molar-refractivity contribution in [2.24, 2.45) is 5.92 Å². The number of aromatic amines is 1. The zero-order valence-electron chi connectivity index (χ0n) is 21.7. The number of carbonyl (C=O) groups is 1. The normalized spacial score (nSPS) is 15.1. The number of esters is 1. The zero-order valence-corrected chi connectivity index (χ0v) is 24.0. The van der Waals surface area contributed by atoms with E-state index in [0.29, 0.717) is 45.9 Å². The number of benzene rings is 2. The third kappa shape index (κ3) is 5.91. The summed E-state index contributed by atoms with van der Waals surface area (Å²) in [6, 6.07) is 12.3. The van der Waals surface area contributed by atoms with E-state index in [1.165, 1.54) is 11.8 Å². The number of hydrogen-bond donors (Lipinski definition) is 1. The van der Waals surface area contributed by atoms with Crippen LogP contribution in [0.1, 0.15) is 52.3 Å². The summed E-state index contributed by atoms with van der Waals surface area (Å²) in [5, 5.41) is 13.7. The lowest BCUT2D eigenvalue weighted by molar-refractivity contribution is 0.0600. The van der Waals surface area contributed by atoms with Crippen LogP contribution in [0.2, 0.25) is 10.0 Å². The van der Waals surface area contributed by atoms with Gasteiger partial charge in [-0.3, -0.25) is 9.67 Å². The van der Waals surface area contributed by atoms with Crippen LogP contribution in [-0.4, -0.2) is 42.6 Å². The minimum atomic E-state index is -0.451. The lowest BCUT2D eigenvalue weighted by atomic mass is 9.95. The van der Waals surface area contributed by atoms with E-state index >= 15 is 0 Å². The molecular weight excluding hydrogens is 575 g/mol. The van der Waals surface area contributed by atoms with Crippen LogP contribution in [0.25, 0.3) is 5.57 Å². The number of nitrogens with one attached hydrogen (secondary N) is 1. The van der Waals surface area contributed by atoms with E-state index in [1.807, 2.05) is 25.1 Å². The van der Waals surface area contributed by atoms with Crippen LogP contribution < -0.4 is 5.69 Å². The van der Waals surface area contributed by atoms with Crippen LogP contribution in [0.15, 0.2) is 64.4 Å². The van der Waals surface area contributed by atoms with Crippen LogP contribution in [0.4, 0.5) is 0 Å². The Balaban J connectivity index is 1.47. The average molecular weight is 600 g/mol. The summed E-state index contributed by atoms with van der Waals surface area (Å²) in [6.07, 6.45) is 4.67. The predicted octanol–water partition coefficient (Wildman–Crippen LogP) is 5.49. The highest BCUT2D eigenvalue weighted by atomic mass is 35.5. The predicted molar refractivity (Wildman–Crippen MR) is 154 cm³/mol. The second-order valence-electron chi connectivity index (χ2n) is 9.47. The minimum absolute atomic E-state index is 0.0731. The maximum absolute atomic E-state index is 13.7. The summed E-state index contributed by atoms with van der Waals surface area (Å²) >= 11 is 18.9. The molecule has 5 rings (SSSR count). The van der Waals surface area contributed by atoms with Gasteiger partial charge in [-0.25, -0.2) is 19.3 Å². The Hall–Kier alpha value is -3.66. The molecule has 0 saturated carbocycles. The Bertz CT molecular complexity index is 1680. The van der Waals surface area contributed by atoms with Gasteiger partial charge in [-0.05, 0) is 59.4 Å². The van der Waals surface area contributed by atoms with E-state index in [9.17, 15) is 9.59 Å². The molecule has 1 atom stereocenters. The molecule has 12 heteroatoms. The van der Waals surface area contributed by atoms with Gasteiger partial charge in [0, 0.05) is 21.5 Å². The first kappa shape index (κ1) is 27.9. The maximum Gasteiger partial charge on any atom is 0.346 e. The van der Waals surface area contributed by atoms with Gasteiger partial charge in [0.25, 0.3) is 0 Å². The second kappa shape index (κ2) is 11.8. The third-order valence-corrected chi connectivity index (χ3v) is 7.82. The highest BCUT2D eigenvalue weighted by molar-refractivity contribution is 6.36. The smallest absolute Gasteiger partial charge is 0.346 e. The fourth-order valence-corrected chi connectivity index (χ4v) is 5.18. The fraction of sp³-hybridized carbons (Fsp3) is 0.250. The number of hydrogen-bond acceptors (Lipinski definition) is 6. The molecule has 0 fully saturated rings. The number of allylic oxidation sites excluding steroid dienone is 4. The van der Waals surface area contributed by atoms with E-state index in [0.717, 1.165) is 21.7 Å². The topological polar surface area (TPSA) is 108 Å². The van der Waals surface area contributed by atoms with Gasteiger partial charge in [-0.15, -0.1) is 5.10 Å². The van der Waals surface area contributed by atoms with Crippen LogP contribution >= 0.6 is 34.8 Å². The number of ether oxygens (including phenoxy) is 1. The summed E-state index contributed by atoms with van der Waals surface area (Å²) < 4.78 is 7.78. The van der Waals surface area contributed by atoms with E-state index in [2.05, 4.69) is 20.3 Å². The largest absolute Gasteiger partial charge is 0.465 e. The standard InChI is InChI=1S/C28H25Cl3N6O3/c1-16-11-18(9-10-21(16)29)26-35-37(28(39)36(26)14-17-5-3-6-19(12-17)27(38)40-2)15-25-32-24(33-34-25)13-20-22(30)7-4-8-23(20)31/h3-10,12,16H,11,13-15H2,1-2H3,(H,32,33,34). The van der Waals surface area contributed by atoms with Crippen molar-refractivity contribution in [2.75, 3.05) is 7.11 Å². The van der Waals surface area contributed by atoms with Crippen molar-refractivity contribution in [2.45, 2.75) is 32.9 Å². The maximum atomic E-state index is 13.7. The van der Waals surface area contributed by atoms with Gasteiger partial charge in [0.05, 0.1) is 19.2 Å². The monoisotopic (exact) mass is 598 g/mol. The summed E-state index contributed by atoms with van der Waals surface area (Å²) in [5.74, 6) is 1.10. The molecule has 2 heterocycles. The van der Waals surface area contributed by atoms with Gasteiger partial charge in [-0.2, -0.15) is 5.10 Å². The number of methoxy groups -OCH3 is 1. The molecule has 0 amide bonds.